The average Bonchev–Trinajstić information content (AvgIpc) is 2.17. The number of para-hydroxylation sites is 1. The second kappa shape index (κ2) is 3.07. The van der Waals surface area contributed by atoms with Crippen LogP contribution in [0.3, 0.4) is 0 Å². The number of hydrogen-bond acceptors (Lipinski definition) is 3. The molecule has 0 spiro atoms. The molecule has 0 bridgehead atoms. The van der Waals surface area contributed by atoms with Gasteiger partial charge < -0.3 is 14.5 Å². The largest absolute Gasteiger partial charge is 0.487 e. The lowest BCUT2D eigenvalue weighted by atomic mass is 9.87. The molecule has 1 aliphatic rings. The van der Waals surface area contributed by atoms with Gasteiger partial charge in [0.2, 0.25) is 0 Å². The van der Waals surface area contributed by atoms with Gasteiger partial charge >= 0.3 is 7.48 Å². The van der Waals surface area contributed by atoms with Crippen LogP contribution in [0.4, 0.5) is 0 Å². The molecule has 0 fully saturated rings. The summed E-state index contributed by atoms with van der Waals surface area (Å²) in [5.41, 5.74) is 0.659. The summed E-state index contributed by atoms with van der Waals surface area (Å²) in [5, 5.41) is 8.83. The van der Waals surface area contributed by atoms with Crippen molar-refractivity contribution in [3.8, 4) is 11.5 Å². The van der Waals surface area contributed by atoms with Crippen molar-refractivity contribution in [1.82, 2.24) is 0 Å². The van der Waals surface area contributed by atoms with Crippen molar-refractivity contribution in [2.75, 3.05) is 13.2 Å². The normalized spacial score (nSPS) is 14.1. The molecule has 0 saturated carbocycles. The lowest BCUT2D eigenvalue weighted by molar-refractivity contribution is 0.173. The maximum atomic E-state index is 8.83. The van der Waals surface area contributed by atoms with Crippen molar-refractivity contribution in [1.29, 1.82) is 0 Å². The predicted molar refractivity (Wildman–Crippen MR) is 45.0 cm³/mol. The Hall–Kier alpha value is -1.16. The molecular formula is C8H8BO3. The van der Waals surface area contributed by atoms with E-state index >= 15 is 0 Å². The van der Waals surface area contributed by atoms with E-state index in [2.05, 4.69) is 0 Å². The van der Waals surface area contributed by atoms with Crippen LogP contribution >= 0.6 is 0 Å². The highest BCUT2D eigenvalue weighted by Crippen LogP contribution is 2.26. The summed E-state index contributed by atoms with van der Waals surface area (Å²) in [7, 11) is 1.02. The van der Waals surface area contributed by atoms with E-state index < -0.39 is 0 Å². The number of hydrogen-bond donors (Lipinski definition) is 1. The first kappa shape index (κ1) is 7.49. The second-order valence-corrected chi connectivity index (χ2v) is 2.50. The zero-order valence-corrected chi connectivity index (χ0v) is 6.49. The minimum absolute atomic E-state index is 0.540. The Morgan fingerprint density at radius 2 is 2.08 bits per heavy atom. The highest BCUT2D eigenvalue weighted by atomic mass is 16.6. The molecule has 1 N–H and O–H groups in total. The summed E-state index contributed by atoms with van der Waals surface area (Å²) in [6.07, 6.45) is 0. The van der Waals surface area contributed by atoms with Crippen LogP contribution in [0.25, 0.3) is 0 Å². The fraction of sp³-hybridized carbons (Fsp3) is 0.250. The highest BCUT2D eigenvalue weighted by molar-refractivity contribution is 6.47. The Morgan fingerprint density at radius 1 is 1.25 bits per heavy atom. The van der Waals surface area contributed by atoms with E-state index in [-0.39, 0.29) is 0 Å². The summed E-state index contributed by atoms with van der Waals surface area (Å²) in [5.74, 6) is 1.33. The lowest BCUT2D eigenvalue weighted by Crippen LogP contribution is -2.24. The van der Waals surface area contributed by atoms with Gasteiger partial charge in [-0.3, -0.25) is 0 Å². The Morgan fingerprint density at radius 3 is 2.92 bits per heavy atom. The summed E-state index contributed by atoms with van der Waals surface area (Å²) in [6.45, 7) is 1.11. The Balaban J connectivity index is 2.44. The van der Waals surface area contributed by atoms with Crippen molar-refractivity contribution in [3.63, 3.8) is 0 Å². The quantitative estimate of drug-likeness (QED) is 0.577. The smallest absolute Gasteiger partial charge is 0.330 e. The summed E-state index contributed by atoms with van der Waals surface area (Å²) < 4.78 is 10.6. The maximum Gasteiger partial charge on any atom is 0.330 e. The Labute approximate surface area is 71.2 Å². The van der Waals surface area contributed by atoms with Crippen molar-refractivity contribution in [2.24, 2.45) is 0 Å². The molecule has 1 aromatic rings. The molecule has 1 aromatic carbocycles. The minimum atomic E-state index is 0.540. The molecule has 0 unspecified atom stereocenters. The van der Waals surface area contributed by atoms with E-state index in [4.69, 9.17) is 14.5 Å². The zero-order valence-electron chi connectivity index (χ0n) is 6.49. The third-order valence-corrected chi connectivity index (χ3v) is 1.74. The van der Waals surface area contributed by atoms with Gasteiger partial charge in [-0.2, -0.15) is 0 Å². The van der Waals surface area contributed by atoms with Gasteiger partial charge in [0.25, 0.3) is 0 Å². The minimum Gasteiger partial charge on any atom is -0.487 e. The van der Waals surface area contributed by atoms with E-state index in [0.717, 1.165) is 7.48 Å². The topological polar surface area (TPSA) is 38.7 Å². The monoisotopic (exact) mass is 163 g/mol. The van der Waals surface area contributed by atoms with Gasteiger partial charge in [-0.15, -0.1) is 0 Å². The fourth-order valence-electron chi connectivity index (χ4n) is 1.20. The van der Waals surface area contributed by atoms with E-state index in [1.165, 1.54) is 0 Å². The van der Waals surface area contributed by atoms with Crippen LogP contribution in [0.5, 0.6) is 11.5 Å². The molecule has 0 atom stereocenters. The Bertz CT molecular complexity index is 273. The average molecular weight is 163 g/mol. The molecule has 0 aromatic heterocycles. The molecule has 12 heavy (non-hydrogen) atoms. The molecule has 2 rings (SSSR count). The van der Waals surface area contributed by atoms with E-state index in [9.17, 15) is 0 Å². The standard InChI is InChI=1S/C8H8BO3/c10-9-6-2-1-3-7-8(6)12-5-4-11-7/h1-3,10H,4-5H2. The summed E-state index contributed by atoms with van der Waals surface area (Å²) in [6, 6.07) is 5.41. The molecule has 61 valence electrons. The van der Waals surface area contributed by atoms with Crippen LogP contribution in [0, 0.1) is 0 Å². The zero-order chi connectivity index (χ0) is 8.39. The third kappa shape index (κ3) is 1.14. The van der Waals surface area contributed by atoms with Crippen LogP contribution < -0.4 is 14.9 Å². The van der Waals surface area contributed by atoms with Crippen molar-refractivity contribution < 1.29 is 14.5 Å². The molecule has 4 heteroatoms. The van der Waals surface area contributed by atoms with E-state index in [1.54, 1.807) is 6.07 Å². The van der Waals surface area contributed by atoms with Gasteiger partial charge in [0.15, 0.2) is 11.5 Å². The number of fused-ring (bicyclic) bond motifs is 1. The summed E-state index contributed by atoms with van der Waals surface area (Å²) >= 11 is 0. The summed E-state index contributed by atoms with van der Waals surface area (Å²) in [4.78, 5) is 0. The molecule has 3 nitrogen and oxygen atoms in total. The lowest BCUT2D eigenvalue weighted by Gasteiger charge is -2.19. The van der Waals surface area contributed by atoms with Crippen LogP contribution in [0.2, 0.25) is 0 Å². The molecule has 1 aliphatic heterocycles. The van der Waals surface area contributed by atoms with Gasteiger partial charge in [-0.05, 0) is 11.5 Å². The first-order valence-electron chi connectivity index (χ1n) is 3.78. The van der Waals surface area contributed by atoms with Crippen LogP contribution in [0.1, 0.15) is 0 Å². The first-order chi connectivity index (χ1) is 5.92. The van der Waals surface area contributed by atoms with Crippen LogP contribution in [-0.2, 0) is 0 Å². The van der Waals surface area contributed by atoms with Gasteiger partial charge in [0.1, 0.15) is 13.2 Å². The molecular weight excluding hydrogens is 155 g/mol. The highest BCUT2D eigenvalue weighted by Gasteiger charge is 2.14. The van der Waals surface area contributed by atoms with Crippen molar-refractivity contribution >= 4 is 12.9 Å². The fourth-order valence-corrected chi connectivity index (χ4v) is 1.20. The van der Waals surface area contributed by atoms with Crippen molar-refractivity contribution in [3.05, 3.63) is 18.2 Å². The molecule has 0 amide bonds. The second-order valence-electron chi connectivity index (χ2n) is 2.50. The molecule has 1 heterocycles. The number of benzene rings is 1. The predicted octanol–water partition coefficient (Wildman–Crippen LogP) is -0.305. The van der Waals surface area contributed by atoms with Crippen LogP contribution in [-0.4, -0.2) is 25.7 Å². The maximum absolute atomic E-state index is 8.83. The number of ether oxygens (including phenoxy) is 2. The molecule has 0 aliphatic carbocycles. The van der Waals surface area contributed by atoms with Gasteiger partial charge in [0.05, 0.1) is 0 Å². The SMILES string of the molecule is O[B]c1cccc2c1OCCO2. The van der Waals surface area contributed by atoms with E-state index in [1.807, 2.05) is 12.1 Å². The van der Waals surface area contributed by atoms with Crippen molar-refractivity contribution in [2.45, 2.75) is 0 Å². The van der Waals surface area contributed by atoms with Gasteiger partial charge in [-0.1, -0.05) is 12.1 Å². The van der Waals surface area contributed by atoms with Gasteiger partial charge in [-0.25, -0.2) is 0 Å². The number of rotatable bonds is 1. The third-order valence-electron chi connectivity index (χ3n) is 1.74. The van der Waals surface area contributed by atoms with E-state index in [0.29, 0.717) is 30.2 Å². The molecule has 0 saturated heterocycles. The van der Waals surface area contributed by atoms with Gasteiger partial charge in [0, 0.05) is 0 Å². The Kier molecular flexibility index (Phi) is 1.92. The molecule has 1 radical (unpaired) electrons. The first-order valence-corrected chi connectivity index (χ1v) is 3.78. The van der Waals surface area contributed by atoms with Crippen LogP contribution in [0.15, 0.2) is 18.2 Å².